The fourth-order valence-electron chi connectivity index (χ4n) is 2.02. The van der Waals surface area contributed by atoms with Crippen molar-refractivity contribution in [3.8, 4) is 0 Å². The van der Waals surface area contributed by atoms with E-state index in [2.05, 4.69) is 50.4 Å². The zero-order valence-electron chi connectivity index (χ0n) is 13.6. The Hall–Kier alpha value is -1.26. The zero-order valence-corrected chi connectivity index (χ0v) is 15.2. The Bertz CT molecular complexity index is 597. The van der Waals surface area contributed by atoms with Crippen LogP contribution in [0.4, 0.5) is 0 Å². The van der Waals surface area contributed by atoms with Gasteiger partial charge in [0.25, 0.3) is 0 Å². The van der Waals surface area contributed by atoms with Crippen LogP contribution in [0.25, 0.3) is 0 Å². The van der Waals surface area contributed by atoms with Crippen molar-refractivity contribution in [3.63, 3.8) is 0 Å². The van der Waals surface area contributed by atoms with Crippen LogP contribution in [-0.2, 0) is 16.8 Å². The number of nitrogens with one attached hydrogen (secondary N) is 1. The van der Waals surface area contributed by atoms with Gasteiger partial charge in [-0.2, -0.15) is 0 Å². The highest BCUT2D eigenvalue weighted by atomic mass is 32.2. The highest BCUT2D eigenvalue weighted by molar-refractivity contribution is 8.00. The summed E-state index contributed by atoms with van der Waals surface area (Å²) in [6, 6.07) is 12.6. The van der Waals surface area contributed by atoms with E-state index < -0.39 is 0 Å². The Balaban J connectivity index is 1.88. The molecule has 1 atom stereocenters. The lowest BCUT2D eigenvalue weighted by Gasteiger charge is -2.19. The fourth-order valence-corrected chi connectivity index (χ4v) is 3.56. The molecule has 1 unspecified atom stereocenters. The molecule has 0 aliphatic rings. The normalized spacial score (nSPS) is 12.9. The van der Waals surface area contributed by atoms with Crippen molar-refractivity contribution in [2.45, 2.75) is 49.8 Å². The predicted molar refractivity (Wildman–Crippen MR) is 96.6 cm³/mol. The average Bonchev–Trinajstić information content (AvgIpc) is 2.97. The Kier molecular flexibility index (Phi) is 5.70. The van der Waals surface area contributed by atoms with E-state index in [0.29, 0.717) is 6.54 Å². The maximum atomic E-state index is 12.1. The second-order valence-corrected chi connectivity index (χ2v) is 8.78. The second kappa shape index (κ2) is 7.34. The lowest BCUT2D eigenvalue weighted by Crippen LogP contribution is -2.30. The first-order valence-corrected chi connectivity index (χ1v) is 9.19. The molecule has 4 heteroatoms. The van der Waals surface area contributed by atoms with Gasteiger partial charge in [-0.05, 0) is 41.5 Å². The standard InChI is InChI=1S/C18H23NOS2/c1-13(17(20)19-12-16-6-5-11-21-16)22-15-9-7-14(8-10-15)18(2,3)4/h5-11,13H,12H2,1-4H3,(H,19,20). The lowest BCUT2D eigenvalue weighted by molar-refractivity contribution is -0.120. The van der Waals surface area contributed by atoms with E-state index in [1.54, 1.807) is 23.1 Å². The quantitative estimate of drug-likeness (QED) is 0.793. The number of hydrogen-bond donors (Lipinski definition) is 1. The average molecular weight is 334 g/mol. The molecule has 118 valence electrons. The second-order valence-electron chi connectivity index (χ2n) is 6.33. The van der Waals surface area contributed by atoms with E-state index in [9.17, 15) is 4.79 Å². The van der Waals surface area contributed by atoms with Gasteiger partial charge in [-0.15, -0.1) is 23.1 Å². The van der Waals surface area contributed by atoms with E-state index in [4.69, 9.17) is 0 Å². The first kappa shape index (κ1) is 17.1. The van der Waals surface area contributed by atoms with Gasteiger partial charge in [0.1, 0.15) is 0 Å². The van der Waals surface area contributed by atoms with E-state index in [-0.39, 0.29) is 16.6 Å². The van der Waals surface area contributed by atoms with Gasteiger partial charge in [-0.25, -0.2) is 0 Å². The highest BCUT2D eigenvalue weighted by Crippen LogP contribution is 2.27. The first-order chi connectivity index (χ1) is 10.4. The van der Waals surface area contributed by atoms with Gasteiger partial charge in [0.15, 0.2) is 0 Å². The summed E-state index contributed by atoms with van der Waals surface area (Å²) in [4.78, 5) is 14.5. The van der Waals surface area contributed by atoms with Gasteiger partial charge in [0.2, 0.25) is 5.91 Å². The van der Waals surface area contributed by atoms with Crippen molar-refractivity contribution in [1.29, 1.82) is 0 Å². The molecule has 1 amide bonds. The smallest absolute Gasteiger partial charge is 0.233 e. The van der Waals surface area contributed by atoms with Gasteiger partial charge in [-0.3, -0.25) is 4.79 Å². The molecule has 0 radical (unpaired) electrons. The predicted octanol–water partition coefficient (Wildman–Crippen LogP) is 4.84. The van der Waals surface area contributed by atoms with Crippen LogP contribution in [0.3, 0.4) is 0 Å². The summed E-state index contributed by atoms with van der Waals surface area (Å²) < 4.78 is 0. The number of rotatable bonds is 5. The molecular formula is C18H23NOS2. The van der Waals surface area contributed by atoms with Crippen molar-refractivity contribution in [1.82, 2.24) is 5.32 Å². The third-order valence-corrected chi connectivity index (χ3v) is 5.41. The Morgan fingerprint density at radius 1 is 1.23 bits per heavy atom. The van der Waals surface area contributed by atoms with Gasteiger partial charge >= 0.3 is 0 Å². The summed E-state index contributed by atoms with van der Waals surface area (Å²) in [5.41, 5.74) is 1.47. The van der Waals surface area contributed by atoms with Crippen LogP contribution in [0, 0.1) is 0 Å². The molecule has 0 saturated heterocycles. The van der Waals surface area contributed by atoms with E-state index >= 15 is 0 Å². The van der Waals surface area contributed by atoms with Crippen LogP contribution in [-0.4, -0.2) is 11.2 Å². The topological polar surface area (TPSA) is 29.1 Å². The molecule has 1 N–H and O–H groups in total. The summed E-state index contributed by atoms with van der Waals surface area (Å²) in [5.74, 6) is 0.0818. The molecule has 22 heavy (non-hydrogen) atoms. The van der Waals surface area contributed by atoms with Gasteiger partial charge < -0.3 is 5.32 Å². The number of thiophene rings is 1. The van der Waals surface area contributed by atoms with Crippen molar-refractivity contribution < 1.29 is 4.79 Å². The van der Waals surface area contributed by atoms with Crippen molar-refractivity contribution >= 4 is 29.0 Å². The Labute approximate surface area is 141 Å². The summed E-state index contributed by atoms with van der Waals surface area (Å²) in [6.07, 6.45) is 0. The monoisotopic (exact) mass is 333 g/mol. The fraction of sp³-hybridized carbons (Fsp3) is 0.389. The summed E-state index contributed by atoms with van der Waals surface area (Å²) in [7, 11) is 0. The SMILES string of the molecule is CC(Sc1ccc(C(C)(C)C)cc1)C(=O)NCc1cccs1. The van der Waals surface area contributed by atoms with Crippen molar-refractivity contribution in [2.24, 2.45) is 0 Å². The minimum atomic E-state index is -0.0968. The highest BCUT2D eigenvalue weighted by Gasteiger charge is 2.16. The molecule has 2 rings (SSSR count). The number of amides is 1. The zero-order chi connectivity index (χ0) is 16.2. The first-order valence-electron chi connectivity index (χ1n) is 7.43. The molecular weight excluding hydrogens is 310 g/mol. The molecule has 0 aliphatic heterocycles. The van der Waals surface area contributed by atoms with Gasteiger partial charge in [0.05, 0.1) is 11.8 Å². The molecule has 0 bridgehead atoms. The number of carbonyl (C=O) groups is 1. The van der Waals surface area contributed by atoms with Crippen LogP contribution < -0.4 is 5.32 Å². The molecule has 2 nitrogen and oxygen atoms in total. The maximum Gasteiger partial charge on any atom is 0.233 e. The van der Waals surface area contributed by atoms with Gasteiger partial charge in [-0.1, -0.05) is 39.0 Å². The molecule has 0 spiro atoms. The summed E-state index contributed by atoms with van der Waals surface area (Å²) in [6.45, 7) is 9.18. The van der Waals surface area contributed by atoms with Crippen molar-refractivity contribution in [3.05, 3.63) is 52.2 Å². The van der Waals surface area contributed by atoms with Crippen LogP contribution in [0.2, 0.25) is 0 Å². The maximum absolute atomic E-state index is 12.1. The third-order valence-electron chi connectivity index (χ3n) is 3.42. The molecule has 0 fully saturated rings. The number of carbonyl (C=O) groups excluding carboxylic acids is 1. The van der Waals surface area contributed by atoms with Crippen LogP contribution in [0.15, 0.2) is 46.7 Å². The molecule has 1 heterocycles. The Morgan fingerprint density at radius 2 is 1.91 bits per heavy atom. The van der Waals surface area contributed by atoms with Crippen LogP contribution >= 0.6 is 23.1 Å². The van der Waals surface area contributed by atoms with Crippen LogP contribution in [0.1, 0.15) is 38.1 Å². The van der Waals surface area contributed by atoms with Crippen LogP contribution in [0.5, 0.6) is 0 Å². The van der Waals surface area contributed by atoms with E-state index in [1.807, 2.05) is 24.4 Å². The summed E-state index contributed by atoms with van der Waals surface area (Å²) in [5, 5.41) is 4.92. The van der Waals surface area contributed by atoms with E-state index in [0.717, 1.165) is 4.90 Å². The number of thioether (sulfide) groups is 1. The molecule has 2 aromatic rings. The Morgan fingerprint density at radius 3 is 2.45 bits per heavy atom. The molecule has 0 aliphatic carbocycles. The number of benzene rings is 1. The largest absolute Gasteiger partial charge is 0.350 e. The molecule has 1 aromatic heterocycles. The molecule has 1 aromatic carbocycles. The third kappa shape index (κ3) is 4.89. The minimum Gasteiger partial charge on any atom is -0.350 e. The minimum absolute atomic E-state index is 0.0818. The molecule has 0 saturated carbocycles. The number of hydrogen-bond acceptors (Lipinski definition) is 3. The summed E-state index contributed by atoms with van der Waals surface area (Å²) >= 11 is 3.26. The van der Waals surface area contributed by atoms with Crippen molar-refractivity contribution in [2.75, 3.05) is 0 Å². The van der Waals surface area contributed by atoms with E-state index in [1.165, 1.54) is 10.4 Å². The van der Waals surface area contributed by atoms with Gasteiger partial charge in [0, 0.05) is 9.77 Å². The lowest BCUT2D eigenvalue weighted by atomic mass is 9.87.